The Kier molecular flexibility index (Phi) is 4.48. The zero-order valence-corrected chi connectivity index (χ0v) is 12.9. The molecule has 3 N–H and O–H groups in total. The largest absolute Gasteiger partial charge is 0.490 e. The van der Waals surface area contributed by atoms with E-state index in [0.29, 0.717) is 6.10 Å². The van der Waals surface area contributed by atoms with Crippen LogP contribution in [0.3, 0.4) is 0 Å². The molecule has 4 heteroatoms. The van der Waals surface area contributed by atoms with Crippen LogP contribution in [0.5, 0.6) is 5.75 Å². The maximum Gasteiger partial charge on any atom is 0.119 e. The Bertz CT molecular complexity index is 579. The van der Waals surface area contributed by atoms with E-state index in [9.17, 15) is 0 Å². The van der Waals surface area contributed by atoms with Gasteiger partial charge in [-0.3, -0.25) is 5.84 Å². The van der Waals surface area contributed by atoms with Crippen LogP contribution in [0.4, 0.5) is 0 Å². The Labute approximate surface area is 129 Å². The molecule has 3 nitrogen and oxygen atoms in total. The number of nitrogens with two attached hydrogens (primary N) is 1. The Hall–Kier alpha value is -1.49. The molecule has 0 aromatic heterocycles. The number of hydrogen-bond acceptors (Lipinski definition) is 4. The predicted molar refractivity (Wildman–Crippen MR) is 87.5 cm³/mol. The molecule has 1 saturated carbocycles. The van der Waals surface area contributed by atoms with Crippen molar-refractivity contribution in [2.75, 3.05) is 6.26 Å². The lowest BCUT2D eigenvalue weighted by molar-refractivity contribution is 0.303. The Morgan fingerprint density at radius 2 is 1.62 bits per heavy atom. The van der Waals surface area contributed by atoms with Crippen LogP contribution >= 0.6 is 11.8 Å². The van der Waals surface area contributed by atoms with E-state index in [-0.39, 0.29) is 6.04 Å². The minimum Gasteiger partial charge on any atom is -0.490 e. The van der Waals surface area contributed by atoms with Gasteiger partial charge in [-0.2, -0.15) is 0 Å². The third-order valence-corrected chi connectivity index (χ3v) is 4.40. The SMILES string of the molecule is CSc1ccc(C(NN)c2ccc(OC3CC3)cc2)cc1. The van der Waals surface area contributed by atoms with E-state index in [4.69, 9.17) is 10.6 Å². The normalized spacial score (nSPS) is 15.7. The molecule has 1 aliphatic rings. The first-order valence-corrected chi connectivity index (χ1v) is 8.39. The number of nitrogens with one attached hydrogen (secondary N) is 1. The maximum absolute atomic E-state index is 5.78. The first kappa shape index (κ1) is 14.4. The molecular weight excluding hydrogens is 280 g/mol. The first-order valence-electron chi connectivity index (χ1n) is 7.17. The lowest BCUT2D eigenvalue weighted by atomic mass is 9.99. The van der Waals surface area contributed by atoms with Crippen LogP contribution in [0.15, 0.2) is 53.4 Å². The van der Waals surface area contributed by atoms with Crippen LogP contribution in [-0.4, -0.2) is 12.4 Å². The summed E-state index contributed by atoms with van der Waals surface area (Å²) in [6.45, 7) is 0. The highest BCUT2D eigenvalue weighted by atomic mass is 32.2. The van der Waals surface area contributed by atoms with E-state index in [0.717, 1.165) is 16.9 Å². The monoisotopic (exact) mass is 300 g/mol. The van der Waals surface area contributed by atoms with Gasteiger partial charge < -0.3 is 4.74 Å². The minimum absolute atomic E-state index is 0.00381. The van der Waals surface area contributed by atoms with E-state index in [1.807, 2.05) is 12.1 Å². The summed E-state index contributed by atoms with van der Waals surface area (Å²) >= 11 is 1.74. The van der Waals surface area contributed by atoms with E-state index in [1.54, 1.807) is 11.8 Å². The third-order valence-electron chi connectivity index (χ3n) is 3.66. The van der Waals surface area contributed by atoms with Crippen molar-refractivity contribution < 1.29 is 4.74 Å². The fourth-order valence-corrected chi connectivity index (χ4v) is 2.71. The van der Waals surface area contributed by atoms with Gasteiger partial charge in [0, 0.05) is 4.90 Å². The summed E-state index contributed by atoms with van der Waals surface area (Å²) in [5, 5.41) is 0. The van der Waals surface area contributed by atoms with Crippen molar-refractivity contribution >= 4 is 11.8 Å². The van der Waals surface area contributed by atoms with Crippen molar-refractivity contribution in [1.82, 2.24) is 5.43 Å². The van der Waals surface area contributed by atoms with E-state index in [2.05, 4.69) is 48.1 Å². The Morgan fingerprint density at radius 1 is 1.05 bits per heavy atom. The zero-order chi connectivity index (χ0) is 14.7. The number of ether oxygens (including phenoxy) is 1. The van der Waals surface area contributed by atoms with Crippen LogP contribution in [0.1, 0.15) is 30.0 Å². The molecule has 110 valence electrons. The maximum atomic E-state index is 5.78. The number of thioether (sulfide) groups is 1. The third kappa shape index (κ3) is 3.59. The van der Waals surface area contributed by atoms with Gasteiger partial charge in [0.25, 0.3) is 0 Å². The molecule has 1 fully saturated rings. The standard InChI is InChI=1S/C17H20N2OS/c1-21-16-10-4-13(5-11-16)17(19-18)12-2-6-14(7-3-12)20-15-8-9-15/h2-7,10-11,15,17,19H,8-9,18H2,1H3. The molecule has 0 bridgehead atoms. The van der Waals surface area contributed by atoms with Crippen molar-refractivity contribution in [3.8, 4) is 5.75 Å². The molecule has 3 rings (SSSR count). The summed E-state index contributed by atoms with van der Waals surface area (Å²) in [5.41, 5.74) is 5.19. The molecule has 0 amide bonds. The summed E-state index contributed by atoms with van der Waals surface area (Å²) < 4.78 is 5.78. The number of hydrazine groups is 1. The fraction of sp³-hybridized carbons (Fsp3) is 0.294. The van der Waals surface area contributed by atoms with Gasteiger partial charge in [0.15, 0.2) is 0 Å². The molecule has 0 aliphatic heterocycles. The zero-order valence-electron chi connectivity index (χ0n) is 12.1. The Morgan fingerprint density at radius 3 is 2.10 bits per heavy atom. The van der Waals surface area contributed by atoms with Gasteiger partial charge in [-0.25, -0.2) is 5.43 Å². The molecular formula is C17H20N2OS. The molecule has 1 aliphatic carbocycles. The Balaban J connectivity index is 1.77. The van der Waals surface area contributed by atoms with Gasteiger partial charge in [0.1, 0.15) is 5.75 Å². The number of benzene rings is 2. The van der Waals surface area contributed by atoms with Gasteiger partial charge >= 0.3 is 0 Å². The van der Waals surface area contributed by atoms with Gasteiger partial charge in [-0.1, -0.05) is 24.3 Å². The van der Waals surface area contributed by atoms with Crippen LogP contribution in [-0.2, 0) is 0 Å². The second-order valence-corrected chi connectivity index (χ2v) is 6.14. The van der Waals surface area contributed by atoms with Crippen LogP contribution in [0, 0.1) is 0 Å². The van der Waals surface area contributed by atoms with Crippen molar-refractivity contribution in [2.45, 2.75) is 29.9 Å². The highest BCUT2D eigenvalue weighted by molar-refractivity contribution is 7.98. The second-order valence-electron chi connectivity index (χ2n) is 5.26. The summed E-state index contributed by atoms with van der Waals surface area (Å²) in [7, 11) is 0. The highest BCUT2D eigenvalue weighted by Crippen LogP contribution is 2.29. The molecule has 0 heterocycles. The predicted octanol–water partition coefficient (Wildman–Crippen LogP) is 3.50. The molecule has 1 unspecified atom stereocenters. The van der Waals surface area contributed by atoms with Crippen molar-refractivity contribution in [3.05, 3.63) is 59.7 Å². The van der Waals surface area contributed by atoms with E-state index < -0.39 is 0 Å². The van der Waals surface area contributed by atoms with Gasteiger partial charge in [-0.05, 0) is 54.5 Å². The summed E-state index contributed by atoms with van der Waals surface area (Å²) in [6.07, 6.45) is 4.86. The van der Waals surface area contributed by atoms with Gasteiger partial charge in [0.2, 0.25) is 0 Å². The molecule has 0 saturated heterocycles. The number of hydrogen-bond donors (Lipinski definition) is 2. The smallest absolute Gasteiger partial charge is 0.119 e. The van der Waals surface area contributed by atoms with Crippen LogP contribution in [0.2, 0.25) is 0 Å². The molecule has 2 aromatic rings. The molecule has 0 spiro atoms. The number of rotatable bonds is 6. The minimum atomic E-state index is -0.00381. The van der Waals surface area contributed by atoms with Crippen LogP contribution < -0.4 is 16.0 Å². The fourth-order valence-electron chi connectivity index (χ4n) is 2.30. The molecule has 2 aromatic carbocycles. The van der Waals surface area contributed by atoms with Gasteiger partial charge in [-0.15, -0.1) is 11.8 Å². The first-order chi connectivity index (χ1) is 10.3. The summed E-state index contributed by atoms with van der Waals surface area (Å²) in [4.78, 5) is 1.25. The lowest BCUT2D eigenvalue weighted by Gasteiger charge is -2.17. The van der Waals surface area contributed by atoms with E-state index in [1.165, 1.54) is 17.7 Å². The second kappa shape index (κ2) is 6.52. The lowest BCUT2D eigenvalue weighted by Crippen LogP contribution is -2.28. The summed E-state index contributed by atoms with van der Waals surface area (Å²) in [5.74, 6) is 6.69. The quantitative estimate of drug-likeness (QED) is 0.487. The van der Waals surface area contributed by atoms with Crippen molar-refractivity contribution in [2.24, 2.45) is 5.84 Å². The molecule has 0 radical (unpaired) electrons. The van der Waals surface area contributed by atoms with Gasteiger partial charge in [0.05, 0.1) is 12.1 Å². The average Bonchev–Trinajstić information content (AvgIpc) is 3.34. The highest BCUT2D eigenvalue weighted by Gasteiger charge is 2.23. The topological polar surface area (TPSA) is 47.3 Å². The van der Waals surface area contributed by atoms with Crippen LogP contribution in [0.25, 0.3) is 0 Å². The molecule has 1 atom stereocenters. The molecule has 21 heavy (non-hydrogen) atoms. The van der Waals surface area contributed by atoms with Crippen molar-refractivity contribution in [3.63, 3.8) is 0 Å². The average molecular weight is 300 g/mol. The summed E-state index contributed by atoms with van der Waals surface area (Å²) in [6, 6.07) is 16.7. The van der Waals surface area contributed by atoms with Crippen molar-refractivity contribution in [1.29, 1.82) is 0 Å². The van der Waals surface area contributed by atoms with E-state index >= 15 is 0 Å².